The van der Waals surface area contributed by atoms with Gasteiger partial charge in [-0.1, -0.05) is 24.3 Å². The van der Waals surface area contributed by atoms with Crippen molar-refractivity contribution in [1.29, 1.82) is 0 Å². The summed E-state index contributed by atoms with van der Waals surface area (Å²) >= 11 is 1.35. The predicted octanol–water partition coefficient (Wildman–Crippen LogP) is 3.23. The quantitative estimate of drug-likeness (QED) is 0.588. The minimum absolute atomic E-state index is 0.0229. The highest BCUT2D eigenvalue weighted by Gasteiger charge is 2.29. The van der Waals surface area contributed by atoms with E-state index >= 15 is 0 Å². The zero-order chi connectivity index (χ0) is 17.8. The van der Waals surface area contributed by atoms with Crippen LogP contribution in [0.1, 0.15) is 35.0 Å². The highest BCUT2D eigenvalue weighted by molar-refractivity contribution is 7.12. The Bertz CT molecular complexity index is 784. The van der Waals surface area contributed by atoms with E-state index in [-0.39, 0.29) is 24.5 Å². The van der Waals surface area contributed by atoms with E-state index in [2.05, 4.69) is 0 Å². The molecule has 2 heterocycles. The van der Waals surface area contributed by atoms with Crippen molar-refractivity contribution in [2.75, 3.05) is 11.4 Å². The zero-order valence-electron chi connectivity index (χ0n) is 13.9. The number of ketones is 1. The third kappa shape index (κ3) is 3.96. The minimum atomic E-state index is -0.865. The smallest absolute Gasteiger partial charge is 0.307 e. The Labute approximate surface area is 150 Å². The van der Waals surface area contributed by atoms with Gasteiger partial charge < -0.3 is 9.64 Å². The zero-order valence-corrected chi connectivity index (χ0v) is 14.8. The van der Waals surface area contributed by atoms with Crippen LogP contribution in [0.4, 0.5) is 5.69 Å². The number of para-hydroxylation sites is 1. The van der Waals surface area contributed by atoms with Crippen LogP contribution in [0, 0.1) is 0 Å². The van der Waals surface area contributed by atoms with Gasteiger partial charge in [0.1, 0.15) is 0 Å². The number of benzene rings is 1. The van der Waals surface area contributed by atoms with Crippen LogP contribution < -0.4 is 4.90 Å². The Morgan fingerprint density at radius 1 is 1.16 bits per heavy atom. The molecule has 0 aliphatic carbocycles. The summed E-state index contributed by atoms with van der Waals surface area (Å²) in [6, 6.07) is 11.3. The molecule has 1 aliphatic heterocycles. The van der Waals surface area contributed by atoms with Gasteiger partial charge in [-0.3, -0.25) is 14.4 Å². The number of anilines is 1. The van der Waals surface area contributed by atoms with Gasteiger partial charge in [-0.05, 0) is 36.4 Å². The Morgan fingerprint density at radius 2 is 1.96 bits per heavy atom. The molecule has 25 heavy (non-hydrogen) atoms. The van der Waals surface area contributed by atoms with E-state index in [4.69, 9.17) is 4.74 Å². The minimum Gasteiger partial charge on any atom is -0.453 e. The number of amides is 1. The first-order valence-electron chi connectivity index (χ1n) is 8.21. The van der Waals surface area contributed by atoms with Crippen LogP contribution in [0.3, 0.4) is 0 Å². The maximum atomic E-state index is 12.6. The number of carbonyl (C=O) groups is 3. The van der Waals surface area contributed by atoms with Crippen LogP contribution in [0.2, 0.25) is 0 Å². The van der Waals surface area contributed by atoms with E-state index in [1.54, 1.807) is 24.0 Å². The number of fused-ring (bicyclic) bond motifs is 1. The summed E-state index contributed by atoms with van der Waals surface area (Å²) in [5.74, 6) is -0.847. The number of ether oxygens (including phenoxy) is 1. The van der Waals surface area contributed by atoms with E-state index in [1.165, 1.54) is 11.3 Å². The van der Waals surface area contributed by atoms with Crippen molar-refractivity contribution >= 4 is 34.7 Å². The molecule has 0 N–H and O–H groups in total. The number of thiophene rings is 1. The standard InChI is InChI=1S/C19H19NO4S/c1-13(19(23)20-11-10-14-5-2-3-6-15(14)20)24-18(22)9-8-16(21)17-7-4-12-25-17/h2-7,12-13H,8-11H2,1H3. The van der Waals surface area contributed by atoms with Gasteiger partial charge in [0.25, 0.3) is 5.91 Å². The van der Waals surface area contributed by atoms with E-state index < -0.39 is 12.1 Å². The fraction of sp³-hybridized carbons (Fsp3) is 0.316. The second kappa shape index (κ2) is 7.61. The topological polar surface area (TPSA) is 63.7 Å². The molecular formula is C19H19NO4S. The molecular weight excluding hydrogens is 338 g/mol. The van der Waals surface area contributed by atoms with Crippen molar-refractivity contribution in [3.8, 4) is 0 Å². The number of esters is 1. The second-order valence-electron chi connectivity index (χ2n) is 5.90. The Morgan fingerprint density at radius 3 is 2.72 bits per heavy atom. The van der Waals surface area contributed by atoms with Crippen LogP contribution >= 0.6 is 11.3 Å². The first kappa shape index (κ1) is 17.4. The maximum Gasteiger partial charge on any atom is 0.307 e. The maximum absolute atomic E-state index is 12.6. The van der Waals surface area contributed by atoms with Crippen LogP contribution in [0.15, 0.2) is 41.8 Å². The summed E-state index contributed by atoms with van der Waals surface area (Å²) in [5, 5.41) is 1.82. The summed E-state index contributed by atoms with van der Waals surface area (Å²) < 4.78 is 5.23. The normalized spacial score (nSPS) is 14.0. The molecule has 1 aromatic carbocycles. The van der Waals surface area contributed by atoms with Gasteiger partial charge in [0, 0.05) is 18.7 Å². The largest absolute Gasteiger partial charge is 0.453 e. The molecule has 3 rings (SSSR count). The van der Waals surface area contributed by atoms with E-state index in [0.717, 1.165) is 17.7 Å². The number of nitrogens with zero attached hydrogens (tertiary/aromatic N) is 1. The fourth-order valence-electron chi connectivity index (χ4n) is 2.87. The first-order valence-corrected chi connectivity index (χ1v) is 9.09. The van der Waals surface area contributed by atoms with Gasteiger partial charge in [-0.2, -0.15) is 0 Å². The van der Waals surface area contributed by atoms with Gasteiger partial charge in [-0.15, -0.1) is 11.3 Å². The lowest BCUT2D eigenvalue weighted by atomic mass is 10.2. The van der Waals surface area contributed by atoms with Gasteiger partial charge in [0.15, 0.2) is 11.9 Å². The van der Waals surface area contributed by atoms with Crippen LogP contribution in [-0.4, -0.2) is 30.3 Å². The molecule has 0 saturated heterocycles. The lowest BCUT2D eigenvalue weighted by Gasteiger charge is -2.21. The molecule has 0 saturated carbocycles. The number of hydrogen-bond donors (Lipinski definition) is 0. The Kier molecular flexibility index (Phi) is 5.28. The molecule has 0 radical (unpaired) electrons. The van der Waals surface area contributed by atoms with Gasteiger partial charge >= 0.3 is 5.97 Å². The van der Waals surface area contributed by atoms with E-state index in [1.807, 2.05) is 29.6 Å². The number of rotatable bonds is 6. The third-order valence-corrected chi connectivity index (χ3v) is 5.07. The summed E-state index contributed by atoms with van der Waals surface area (Å²) in [6.07, 6.45) is 0.00539. The van der Waals surface area contributed by atoms with Crippen LogP contribution in [0.5, 0.6) is 0 Å². The lowest BCUT2D eigenvalue weighted by Crippen LogP contribution is -2.39. The fourth-order valence-corrected chi connectivity index (χ4v) is 3.56. The first-order chi connectivity index (χ1) is 12.1. The molecule has 1 atom stereocenters. The average Bonchev–Trinajstić information content (AvgIpc) is 3.28. The number of carbonyl (C=O) groups excluding carboxylic acids is 3. The predicted molar refractivity (Wildman–Crippen MR) is 95.9 cm³/mol. The van der Waals surface area contributed by atoms with Crippen molar-refractivity contribution < 1.29 is 19.1 Å². The van der Waals surface area contributed by atoms with Gasteiger partial charge in [-0.25, -0.2) is 0 Å². The molecule has 1 aromatic heterocycles. The van der Waals surface area contributed by atoms with Gasteiger partial charge in [0.05, 0.1) is 11.3 Å². The van der Waals surface area contributed by atoms with Crippen molar-refractivity contribution in [2.45, 2.75) is 32.3 Å². The summed E-state index contributed by atoms with van der Waals surface area (Å²) in [7, 11) is 0. The van der Waals surface area contributed by atoms with Crippen LogP contribution in [-0.2, 0) is 20.7 Å². The van der Waals surface area contributed by atoms with Crippen molar-refractivity contribution in [3.05, 3.63) is 52.2 Å². The molecule has 0 fully saturated rings. The Hall–Kier alpha value is -2.47. The summed E-state index contributed by atoms with van der Waals surface area (Å²) in [4.78, 5) is 38.7. The molecule has 5 nitrogen and oxygen atoms in total. The molecule has 2 aromatic rings. The van der Waals surface area contributed by atoms with Crippen LogP contribution in [0.25, 0.3) is 0 Å². The van der Waals surface area contributed by atoms with E-state index in [9.17, 15) is 14.4 Å². The monoisotopic (exact) mass is 357 g/mol. The van der Waals surface area contributed by atoms with E-state index in [0.29, 0.717) is 11.4 Å². The highest BCUT2D eigenvalue weighted by atomic mass is 32.1. The highest BCUT2D eigenvalue weighted by Crippen LogP contribution is 2.28. The molecule has 0 bridgehead atoms. The lowest BCUT2D eigenvalue weighted by molar-refractivity contribution is -0.153. The third-order valence-electron chi connectivity index (χ3n) is 4.16. The SMILES string of the molecule is CC(OC(=O)CCC(=O)c1cccs1)C(=O)N1CCc2ccccc21. The molecule has 0 spiro atoms. The van der Waals surface area contributed by atoms with Gasteiger partial charge in [0.2, 0.25) is 0 Å². The molecule has 1 amide bonds. The molecule has 6 heteroatoms. The van der Waals surface area contributed by atoms with Crippen molar-refractivity contribution in [1.82, 2.24) is 0 Å². The Balaban J connectivity index is 1.52. The molecule has 1 aliphatic rings. The van der Waals surface area contributed by atoms with Crippen molar-refractivity contribution in [2.24, 2.45) is 0 Å². The average molecular weight is 357 g/mol. The second-order valence-corrected chi connectivity index (χ2v) is 6.85. The van der Waals surface area contributed by atoms with Crippen molar-refractivity contribution in [3.63, 3.8) is 0 Å². The number of Topliss-reactive ketones (excluding diaryl/α,β-unsaturated/α-hetero) is 1. The molecule has 1 unspecified atom stereocenters. The summed E-state index contributed by atoms with van der Waals surface area (Å²) in [6.45, 7) is 2.17. The summed E-state index contributed by atoms with van der Waals surface area (Å²) in [5.41, 5.74) is 2.00. The molecule has 130 valence electrons. The number of hydrogen-bond acceptors (Lipinski definition) is 5.